The molecule has 1 rings (SSSR count). The zero-order valence-electron chi connectivity index (χ0n) is 10.7. The number of carbonyl (C=O) groups is 1. The van der Waals surface area contributed by atoms with Crippen molar-refractivity contribution in [2.45, 2.75) is 19.9 Å². The smallest absolute Gasteiger partial charge is 0.241 e. The van der Waals surface area contributed by atoms with Gasteiger partial charge in [0.2, 0.25) is 5.91 Å². The van der Waals surface area contributed by atoms with E-state index in [9.17, 15) is 9.18 Å². The number of hydrogen-bond donors (Lipinski definition) is 2. The summed E-state index contributed by atoms with van der Waals surface area (Å²) < 4.78 is 17.1. The highest BCUT2D eigenvalue weighted by Gasteiger charge is 2.17. The molecule has 0 saturated carbocycles. The molecule has 4 nitrogen and oxygen atoms in total. The quantitative estimate of drug-likeness (QED) is 0.815. The minimum atomic E-state index is -0.555. The lowest BCUT2D eigenvalue weighted by atomic mass is 10.0. The lowest BCUT2D eigenvalue weighted by Gasteiger charge is -2.15. The molecule has 0 aliphatic carbocycles. The van der Waals surface area contributed by atoms with Crippen LogP contribution in [0, 0.1) is 5.92 Å². The van der Waals surface area contributed by atoms with Gasteiger partial charge in [0.05, 0.1) is 6.04 Å². The second-order valence-corrected chi connectivity index (χ2v) is 4.32. The third kappa shape index (κ3) is 4.33. The molecular formula is C13H19FN2O2. The number of amides is 1. The van der Waals surface area contributed by atoms with E-state index >= 15 is 0 Å². The lowest BCUT2D eigenvalue weighted by Crippen LogP contribution is -2.39. The van der Waals surface area contributed by atoms with Crippen LogP contribution in [0.3, 0.4) is 0 Å². The van der Waals surface area contributed by atoms with Crippen molar-refractivity contribution in [3.63, 3.8) is 0 Å². The van der Waals surface area contributed by atoms with E-state index in [1.54, 1.807) is 24.3 Å². The number of ether oxygens (including phenoxy) is 1. The Kier molecular flexibility index (Phi) is 5.58. The van der Waals surface area contributed by atoms with E-state index in [0.29, 0.717) is 11.4 Å². The molecule has 0 heterocycles. The van der Waals surface area contributed by atoms with Gasteiger partial charge in [0, 0.05) is 11.8 Å². The Morgan fingerprint density at radius 3 is 2.83 bits per heavy atom. The van der Waals surface area contributed by atoms with Gasteiger partial charge in [-0.05, 0) is 18.1 Å². The van der Waals surface area contributed by atoms with E-state index in [1.807, 2.05) is 13.8 Å². The average molecular weight is 254 g/mol. The Balaban J connectivity index is 2.64. The predicted molar refractivity (Wildman–Crippen MR) is 69.4 cm³/mol. The van der Waals surface area contributed by atoms with Crippen LogP contribution in [0.15, 0.2) is 24.3 Å². The summed E-state index contributed by atoms with van der Waals surface area (Å²) in [6, 6.07) is 6.24. The van der Waals surface area contributed by atoms with Crippen LogP contribution in [0.1, 0.15) is 13.8 Å². The van der Waals surface area contributed by atoms with Gasteiger partial charge >= 0.3 is 0 Å². The maximum absolute atomic E-state index is 12.0. The van der Waals surface area contributed by atoms with Gasteiger partial charge in [-0.3, -0.25) is 4.79 Å². The van der Waals surface area contributed by atoms with Gasteiger partial charge in [-0.1, -0.05) is 19.9 Å². The molecule has 0 aliphatic heterocycles. The number of benzene rings is 1. The SMILES string of the molecule is CC(C)[C@H](N)C(=O)Nc1cccc(OCCF)c1. The molecule has 0 radical (unpaired) electrons. The van der Waals surface area contributed by atoms with E-state index < -0.39 is 12.7 Å². The summed E-state index contributed by atoms with van der Waals surface area (Å²) in [5.74, 6) is 0.340. The second kappa shape index (κ2) is 6.96. The normalized spacial score (nSPS) is 12.3. The fourth-order valence-electron chi connectivity index (χ4n) is 1.35. The lowest BCUT2D eigenvalue weighted by molar-refractivity contribution is -0.118. The number of nitrogens with two attached hydrogens (primary N) is 1. The number of nitrogens with one attached hydrogen (secondary N) is 1. The second-order valence-electron chi connectivity index (χ2n) is 4.32. The molecule has 0 saturated heterocycles. The van der Waals surface area contributed by atoms with Crippen LogP contribution in [0.4, 0.5) is 10.1 Å². The van der Waals surface area contributed by atoms with Crippen LogP contribution >= 0.6 is 0 Å². The summed E-state index contributed by atoms with van der Waals surface area (Å²) in [5.41, 5.74) is 6.32. The Hall–Kier alpha value is -1.62. The van der Waals surface area contributed by atoms with Gasteiger partial charge in [0.25, 0.3) is 0 Å². The zero-order valence-corrected chi connectivity index (χ0v) is 10.7. The Morgan fingerprint density at radius 1 is 1.50 bits per heavy atom. The molecule has 1 atom stereocenters. The molecule has 0 bridgehead atoms. The zero-order chi connectivity index (χ0) is 13.5. The molecule has 0 aliphatic rings. The van der Waals surface area contributed by atoms with Crippen molar-refractivity contribution in [1.29, 1.82) is 0 Å². The van der Waals surface area contributed by atoms with Crippen molar-refractivity contribution in [1.82, 2.24) is 0 Å². The summed E-state index contributed by atoms with van der Waals surface area (Å²) in [6.07, 6.45) is 0. The predicted octanol–water partition coefficient (Wildman–Crippen LogP) is 1.96. The minimum Gasteiger partial charge on any atom is -0.491 e. The number of halogens is 1. The Morgan fingerprint density at radius 2 is 2.22 bits per heavy atom. The molecule has 100 valence electrons. The van der Waals surface area contributed by atoms with E-state index in [2.05, 4.69) is 5.32 Å². The fourth-order valence-corrected chi connectivity index (χ4v) is 1.35. The summed E-state index contributed by atoms with van der Waals surface area (Å²) in [6.45, 7) is 3.22. The molecule has 1 aromatic carbocycles. The van der Waals surface area contributed by atoms with Gasteiger partial charge in [-0.15, -0.1) is 0 Å². The summed E-state index contributed by atoms with van der Waals surface area (Å²) >= 11 is 0. The first kappa shape index (κ1) is 14.4. The third-order valence-electron chi connectivity index (χ3n) is 2.47. The molecule has 0 fully saturated rings. The number of carbonyl (C=O) groups excluding carboxylic acids is 1. The van der Waals surface area contributed by atoms with Crippen LogP contribution < -0.4 is 15.8 Å². The van der Waals surface area contributed by atoms with Crippen molar-refractivity contribution in [2.24, 2.45) is 11.7 Å². The van der Waals surface area contributed by atoms with Crippen molar-refractivity contribution >= 4 is 11.6 Å². The van der Waals surface area contributed by atoms with Crippen molar-refractivity contribution < 1.29 is 13.9 Å². The summed E-state index contributed by atoms with van der Waals surface area (Å²) in [4.78, 5) is 11.7. The van der Waals surface area contributed by atoms with E-state index in [0.717, 1.165) is 0 Å². The van der Waals surface area contributed by atoms with Crippen molar-refractivity contribution in [2.75, 3.05) is 18.6 Å². The first-order valence-corrected chi connectivity index (χ1v) is 5.90. The van der Waals surface area contributed by atoms with E-state index in [4.69, 9.17) is 10.5 Å². The topological polar surface area (TPSA) is 64.4 Å². The summed E-state index contributed by atoms with van der Waals surface area (Å²) in [5, 5.41) is 2.70. The Bertz CT molecular complexity index is 396. The van der Waals surface area contributed by atoms with E-state index in [1.165, 1.54) is 0 Å². The minimum absolute atomic E-state index is 0.00288. The third-order valence-corrected chi connectivity index (χ3v) is 2.47. The van der Waals surface area contributed by atoms with Crippen LogP contribution in [0.2, 0.25) is 0 Å². The molecule has 1 aromatic rings. The number of hydrogen-bond acceptors (Lipinski definition) is 3. The highest BCUT2D eigenvalue weighted by Crippen LogP contribution is 2.17. The highest BCUT2D eigenvalue weighted by molar-refractivity contribution is 5.94. The van der Waals surface area contributed by atoms with Crippen LogP contribution in [0.5, 0.6) is 5.75 Å². The molecule has 0 aromatic heterocycles. The Labute approximate surface area is 106 Å². The molecule has 0 unspecified atom stereocenters. The van der Waals surface area contributed by atoms with Gasteiger partial charge in [-0.2, -0.15) is 0 Å². The number of anilines is 1. The monoisotopic (exact) mass is 254 g/mol. The standard InChI is InChI=1S/C13H19FN2O2/c1-9(2)12(15)13(17)16-10-4-3-5-11(8-10)18-7-6-14/h3-5,8-9,12H,6-7,15H2,1-2H3,(H,16,17)/t12-/m0/s1. The van der Waals surface area contributed by atoms with E-state index in [-0.39, 0.29) is 18.4 Å². The van der Waals surface area contributed by atoms with Gasteiger partial charge in [0.15, 0.2) is 0 Å². The first-order valence-electron chi connectivity index (χ1n) is 5.90. The molecule has 3 N–H and O–H groups in total. The van der Waals surface area contributed by atoms with Crippen molar-refractivity contribution in [3.05, 3.63) is 24.3 Å². The number of alkyl halides is 1. The highest BCUT2D eigenvalue weighted by atomic mass is 19.1. The van der Waals surface area contributed by atoms with Gasteiger partial charge in [-0.25, -0.2) is 4.39 Å². The molecule has 1 amide bonds. The summed E-state index contributed by atoms with van der Waals surface area (Å²) in [7, 11) is 0. The van der Waals surface area contributed by atoms with Crippen LogP contribution in [-0.2, 0) is 4.79 Å². The first-order chi connectivity index (χ1) is 8.54. The maximum Gasteiger partial charge on any atom is 0.241 e. The number of rotatable bonds is 6. The molecular weight excluding hydrogens is 235 g/mol. The molecule has 5 heteroatoms. The van der Waals surface area contributed by atoms with Gasteiger partial charge < -0.3 is 15.8 Å². The largest absolute Gasteiger partial charge is 0.491 e. The van der Waals surface area contributed by atoms with Crippen LogP contribution in [0.25, 0.3) is 0 Å². The van der Waals surface area contributed by atoms with Gasteiger partial charge in [0.1, 0.15) is 19.0 Å². The maximum atomic E-state index is 12.0. The van der Waals surface area contributed by atoms with Crippen LogP contribution in [-0.4, -0.2) is 25.2 Å². The average Bonchev–Trinajstić information content (AvgIpc) is 2.35. The molecule has 0 spiro atoms. The fraction of sp³-hybridized carbons (Fsp3) is 0.462. The molecule has 18 heavy (non-hydrogen) atoms. The van der Waals surface area contributed by atoms with Crippen molar-refractivity contribution in [3.8, 4) is 5.75 Å².